The Balaban J connectivity index is 2.06. The third kappa shape index (κ3) is 1.66. The minimum atomic E-state index is 0.252. The number of rotatable bonds is 2. The molecule has 0 saturated heterocycles. The van der Waals surface area contributed by atoms with Crippen molar-refractivity contribution in [2.24, 2.45) is 5.73 Å². The van der Waals surface area contributed by atoms with Crippen LogP contribution in [0.5, 0.6) is 5.75 Å². The van der Waals surface area contributed by atoms with Crippen LogP contribution < -0.4 is 10.5 Å². The van der Waals surface area contributed by atoms with Crippen LogP contribution in [0.4, 0.5) is 0 Å². The molecule has 2 nitrogen and oxygen atoms in total. The quantitative estimate of drug-likeness (QED) is 0.849. The van der Waals surface area contributed by atoms with Crippen molar-refractivity contribution in [3.8, 4) is 5.75 Å². The monoisotopic (exact) mass is 231 g/mol. The summed E-state index contributed by atoms with van der Waals surface area (Å²) in [4.78, 5) is 0. The molecule has 1 fully saturated rings. The van der Waals surface area contributed by atoms with E-state index < -0.39 is 0 Å². The molecule has 1 aromatic rings. The Bertz CT molecular complexity index is 433. The normalized spacial score (nSPS) is 21.3. The van der Waals surface area contributed by atoms with Crippen molar-refractivity contribution in [1.82, 2.24) is 0 Å². The summed E-state index contributed by atoms with van der Waals surface area (Å²) in [6.07, 6.45) is 6.21. The zero-order chi connectivity index (χ0) is 11.9. The molecule has 1 aliphatic heterocycles. The SMILES string of the molecule is Cc1cc(C2(CN)CCCC2)cc2c1OCC2. The fourth-order valence-corrected chi connectivity index (χ4v) is 3.47. The summed E-state index contributed by atoms with van der Waals surface area (Å²) in [6.45, 7) is 3.79. The van der Waals surface area contributed by atoms with E-state index in [9.17, 15) is 0 Å². The van der Waals surface area contributed by atoms with Crippen LogP contribution in [-0.4, -0.2) is 13.2 Å². The van der Waals surface area contributed by atoms with Gasteiger partial charge >= 0.3 is 0 Å². The van der Waals surface area contributed by atoms with Gasteiger partial charge in [-0.25, -0.2) is 0 Å². The average Bonchev–Trinajstić information content (AvgIpc) is 2.98. The van der Waals surface area contributed by atoms with E-state index in [1.807, 2.05) is 0 Å². The van der Waals surface area contributed by atoms with E-state index in [4.69, 9.17) is 10.5 Å². The standard InChI is InChI=1S/C15H21NO/c1-11-8-13(9-12-4-7-17-14(11)12)15(10-16)5-2-3-6-15/h8-9H,2-7,10,16H2,1H3. The molecule has 0 amide bonds. The lowest BCUT2D eigenvalue weighted by Crippen LogP contribution is -2.32. The Kier molecular flexibility index (Phi) is 2.62. The Morgan fingerprint density at radius 1 is 1.29 bits per heavy atom. The molecule has 17 heavy (non-hydrogen) atoms. The number of ether oxygens (including phenoxy) is 1. The molecule has 2 aliphatic rings. The maximum Gasteiger partial charge on any atom is 0.125 e. The number of hydrogen-bond donors (Lipinski definition) is 1. The molecule has 1 saturated carbocycles. The number of hydrogen-bond acceptors (Lipinski definition) is 2. The number of fused-ring (bicyclic) bond motifs is 1. The minimum Gasteiger partial charge on any atom is -0.493 e. The largest absolute Gasteiger partial charge is 0.493 e. The molecule has 1 aromatic carbocycles. The van der Waals surface area contributed by atoms with Gasteiger partial charge in [0.15, 0.2) is 0 Å². The third-order valence-electron chi connectivity index (χ3n) is 4.53. The first-order valence-electron chi connectivity index (χ1n) is 6.72. The fourth-order valence-electron chi connectivity index (χ4n) is 3.47. The van der Waals surface area contributed by atoms with Gasteiger partial charge in [0.05, 0.1) is 6.61 Å². The zero-order valence-electron chi connectivity index (χ0n) is 10.6. The lowest BCUT2D eigenvalue weighted by atomic mass is 9.77. The molecule has 1 heterocycles. The van der Waals surface area contributed by atoms with Gasteiger partial charge in [-0.3, -0.25) is 0 Å². The highest BCUT2D eigenvalue weighted by atomic mass is 16.5. The molecule has 0 aromatic heterocycles. The summed E-state index contributed by atoms with van der Waals surface area (Å²) in [5.74, 6) is 1.12. The van der Waals surface area contributed by atoms with E-state index in [0.717, 1.165) is 25.3 Å². The Morgan fingerprint density at radius 3 is 2.76 bits per heavy atom. The highest BCUT2D eigenvalue weighted by molar-refractivity contribution is 5.48. The summed E-state index contributed by atoms with van der Waals surface area (Å²) in [6, 6.07) is 4.66. The maximum absolute atomic E-state index is 6.06. The highest BCUT2D eigenvalue weighted by Gasteiger charge is 2.35. The zero-order valence-corrected chi connectivity index (χ0v) is 10.6. The molecular formula is C15H21NO. The summed E-state index contributed by atoms with van der Waals surface area (Å²) in [5, 5.41) is 0. The van der Waals surface area contributed by atoms with Crippen molar-refractivity contribution >= 4 is 0 Å². The van der Waals surface area contributed by atoms with Gasteiger partial charge < -0.3 is 10.5 Å². The Hall–Kier alpha value is -1.02. The molecule has 92 valence electrons. The van der Waals surface area contributed by atoms with Crippen LogP contribution in [0.25, 0.3) is 0 Å². The number of benzene rings is 1. The smallest absolute Gasteiger partial charge is 0.125 e. The predicted molar refractivity (Wildman–Crippen MR) is 69.6 cm³/mol. The first kappa shape index (κ1) is 11.1. The summed E-state index contributed by atoms with van der Waals surface area (Å²) < 4.78 is 5.68. The highest BCUT2D eigenvalue weighted by Crippen LogP contribution is 2.43. The molecular weight excluding hydrogens is 210 g/mol. The second-order valence-corrected chi connectivity index (χ2v) is 5.57. The first-order valence-corrected chi connectivity index (χ1v) is 6.72. The van der Waals surface area contributed by atoms with Crippen LogP contribution in [0.3, 0.4) is 0 Å². The van der Waals surface area contributed by atoms with Gasteiger partial charge in [0, 0.05) is 18.4 Å². The van der Waals surface area contributed by atoms with Crippen molar-refractivity contribution in [1.29, 1.82) is 0 Å². The molecule has 0 atom stereocenters. The van der Waals surface area contributed by atoms with Crippen molar-refractivity contribution in [3.05, 3.63) is 28.8 Å². The Morgan fingerprint density at radius 2 is 2.06 bits per heavy atom. The predicted octanol–water partition coefficient (Wildman–Crippen LogP) is 2.70. The third-order valence-corrected chi connectivity index (χ3v) is 4.53. The van der Waals surface area contributed by atoms with E-state index in [1.54, 1.807) is 0 Å². The number of aryl methyl sites for hydroxylation is 1. The topological polar surface area (TPSA) is 35.2 Å². The van der Waals surface area contributed by atoms with E-state index in [-0.39, 0.29) is 5.41 Å². The van der Waals surface area contributed by atoms with Gasteiger partial charge in [-0.15, -0.1) is 0 Å². The molecule has 0 bridgehead atoms. The van der Waals surface area contributed by atoms with Crippen molar-refractivity contribution in [2.75, 3.05) is 13.2 Å². The van der Waals surface area contributed by atoms with Crippen molar-refractivity contribution < 1.29 is 4.74 Å². The molecule has 0 spiro atoms. The van der Waals surface area contributed by atoms with Crippen molar-refractivity contribution in [3.63, 3.8) is 0 Å². The van der Waals surface area contributed by atoms with Crippen LogP contribution in [0.2, 0.25) is 0 Å². The molecule has 3 rings (SSSR count). The second kappa shape index (κ2) is 4.02. The lowest BCUT2D eigenvalue weighted by Gasteiger charge is -2.28. The molecule has 0 unspecified atom stereocenters. The first-order chi connectivity index (χ1) is 8.25. The van der Waals surface area contributed by atoms with Crippen LogP contribution in [0, 0.1) is 6.92 Å². The van der Waals surface area contributed by atoms with Gasteiger partial charge in [-0.05, 0) is 36.5 Å². The second-order valence-electron chi connectivity index (χ2n) is 5.57. The van der Waals surface area contributed by atoms with Crippen LogP contribution in [-0.2, 0) is 11.8 Å². The molecule has 0 radical (unpaired) electrons. The van der Waals surface area contributed by atoms with E-state index in [2.05, 4.69) is 19.1 Å². The van der Waals surface area contributed by atoms with Gasteiger partial charge in [-0.1, -0.05) is 25.0 Å². The van der Waals surface area contributed by atoms with E-state index in [0.29, 0.717) is 0 Å². The van der Waals surface area contributed by atoms with Crippen LogP contribution in [0.1, 0.15) is 42.4 Å². The van der Waals surface area contributed by atoms with E-state index in [1.165, 1.54) is 42.4 Å². The number of nitrogens with two attached hydrogens (primary N) is 1. The van der Waals surface area contributed by atoms with Crippen molar-refractivity contribution in [2.45, 2.75) is 44.4 Å². The Labute approximate surface area is 103 Å². The fraction of sp³-hybridized carbons (Fsp3) is 0.600. The summed E-state index contributed by atoms with van der Waals surface area (Å²) in [5.41, 5.74) is 10.5. The van der Waals surface area contributed by atoms with Gasteiger partial charge in [0.1, 0.15) is 5.75 Å². The summed E-state index contributed by atoms with van der Waals surface area (Å²) in [7, 11) is 0. The van der Waals surface area contributed by atoms with Crippen LogP contribution in [0.15, 0.2) is 12.1 Å². The molecule has 2 N–H and O–H groups in total. The van der Waals surface area contributed by atoms with E-state index >= 15 is 0 Å². The summed E-state index contributed by atoms with van der Waals surface area (Å²) >= 11 is 0. The molecule has 2 heteroatoms. The van der Waals surface area contributed by atoms with Gasteiger partial charge in [0.2, 0.25) is 0 Å². The van der Waals surface area contributed by atoms with Gasteiger partial charge in [0.25, 0.3) is 0 Å². The molecule has 1 aliphatic carbocycles. The average molecular weight is 231 g/mol. The lowest BCUT2D eigenvalue weighted by molar-refractivity contribution is 0.354. The minimum absolute atomic E-state index is 0.252. The van der Waals surface area contributed by atoms with Gasteiger partial charge in [-0.2, -0.15) is 0 Å². The maximum atomic E-state index is 6.06. The van der Waals surface area contributed by atoms with Crippen LogP contribution >= 0.6 is 0 Å².